The van der Waals surface area contributed by atoms with Crippen LogP contribution >= 0.6 is 0 Å². The van der Waals surface area contributed by atoms with E-state index in [2.05, 4.69) is 16.0 Å². The molecule has 4 aromatic carbocycles. The molecular weight excluding hydrogens is 1200 g/mol. The van der Waals surface area contributed by atoms with Crippen LogP contribution in [0.2, 0.25) is 0 Å². The Labute approximate surface area is 507 Å². The van der Waals surface area contributed by atoms with E-state index in [1.54, 1.807) is 84.3 Å². The Morgan fingerprint density at radius 1 is 0.596 bits per heavy atom. The van der Waals surface area contributed by atoms with Crippen LogP contribution in [0.1, 0.15) is 99.4 Å². The van der Waals surface area contributed by atoms with Crippen molar-refractivity contribution in [3.05, 3.63) is 130 Å². The SMILES string of the molecule is C.C.CC(=O)Oc1cccc(C(=O)N[C@@H](Cc2ccccc2)[C@H](O)C(=O)N2CC(F)(F)C(C)(C)C2C(=O)NCC(F)(F)F)c1C.CC(=O)Oc1cccc(C(=O)N[C@@H](Cc2ccccc2)[C@H](O)C(=O)O)c1C.CC1(C)C(C(=O)NCC(F)(F)F)NCC1(F)F. The highest BCUT2D eigenvalue weighted by atomic mass is 19.4. The van der Waals surface area contributed by atoms with E-state index in [9.17, 15) is 83.7 Å². The number of alkyl halides is 10. The number of halogens is 10. The molecule has 6 atom stereocenters. The zero-order chi connectivity index (χ0) is 65.8. The highest BCUT2D eigenvalue weighted by Gasteiger charge is 2.65. The number of carbonyl (C=O) groups excluding carboxylic acids is 7. The lowest BCUT2D eigenvalue weighted by Crippen LogP contribution is -2.58. The van der Waals surface area contributed by atoms with Gasteiger partial charge in [0.05, 0.1) is 42.0 Å². The summed E-state index contributed by atoms with van der Waals surface area (Å²) in [5, 5.41) is 40.9. The van der Waals surface area contributed by atoms with E-state index < -0.39 is 145 Å². The van der Waals surface area contributed by atoms with Crippen molar-refractivity contribution in [1.82, 2.24) is 31.5 Å². The van der Waals surface area contributed by atoms with Gasteiger partial charge in [-0.15, -0.1) is 0 Å². The van der Waals surface area contributed by atoms with Crippen molar-refractivity contribution < 1.29 is 107 Å². The molecule has 2 aliphatic rings. The molecule has 0 radical (unpaired) electrons. The number of amides is 5. The molecule has 0 spiro atoms. The number of aliphatic hydroxyl groups excluding tert-OH is 2. The topological polar surface area (TPSA) is 279 Å². The number of ether oxygens (including phenoxy) is 2. The summed E-state index contributed by atoms with van der Waals surface area (Å²) < 4.78 is 141. The molecule has 0 aromatic heterocycles. The molecule has 2 heterocycles. The number of carbonyl (C=O) groups is 8. The number of rotatable bonds is 18. The summed E-state index contributed by atoms with van der Waals surface area (Å²) in [6.07, 6.45) is -13.4. The van der Waals surface area contributed by atoms with Gasteiger partial charge in [-0.3, -0.25) is 38.9 Å². The van der Waals surface area contributed by atoms with Gasteiger partial charge in [0.25, 0.3) is 29.6 Å². The Morgan fingerprint density at radius 3 is 1.35 bits per heavy atom. The fourth-order valence-electron chi connectivity index (χ4n) is 9.17. The quantitative estimate of drug-likeness (QED) is 0.0273. The molecule has 0 saturated carbocycles. The summed E-state index contributed by atoms with van der Waals surface area (Å²) in [6, 6.07) is 20.3. The minimum atomic E-state index is -4.84. The number of esters is 2. The molecule has 29 heteroatoms. The van der Waals surface area contributed by atoms with Gasteiger partial charge in [0, 0.05) is 36.1 Å². The Bertz CT molecular complexity index is 3110. The maximum absolute atomic E-state index is 15.0. The Hall–Kier alpha value is -8.18. The molecule has 19 nitrogen and oxygen atoms in total. The van der Waals surface area contributed by atoms with Crippen molar-refractivity contribution in [3.8, 4) is 11.5 Å². The third kappa shape index (κ3) is 20.7. The summed E-state index contributed by atoms with van der Waals surface area (Å²) >= 11 is 0. The number of carboxylic acid groups (broad SMARTS) is 1. The van der Waals surface area contributed by atoms with Crippen molar-refractivity contribution in [2.24, 2.45) is 10.8 Å². The van der Waals surface area contributed by atoms with Gasteiger partial charge in [0.15, 0.2) is 12.2 Å². The summed E-state index contributed by atoms with van der Waals surface area (Å²) in [7, 11) is 0. The van der Waals surface area contributed by atoms with E-state index in [0.717, 1.165) is 33.3 Å². The standard InChI is InChI=1S/C29H32F5N3O6.C20H21NO6.C9H13F5N2O.2CH4/c1-16-19(11-8-12-21(16)43-17(2)38)24(40)36-20(13-18-9-6-5-7-10-18)22(39)26(42)37-15-28(30,31)27(3,4)23(37)25(41)35-14-29(32,33)34;1-12-15(9-6-10-17(12)27-13(2)22)19(24)21-16(18(23)20(25)26)11-14-7-4-3-5-8-14;1-7(2)5(15-3-8(7,10)11)6(17)16-4-9(12,13)14;;/h5-12,20,22-23,39H,13-15H2,1-4H3,(H,35,41)(H,36,40);3-10,16,18,23H,11H2,1-2H3,(H,21,24)(H,25,26);5,15H,3-4H2,1-2H3,(H,16,17);2*1H4/t20-,22-,23?;16-,18-;;;/m00.../s1. The number of carboxylic acids is 1. The fourth-order valence-corrected chi connectivity index (χ4v) is 9.17. The number of likely N-dealkylation sites (tertiary alicyclic amines) is 1. The van der Waals surface area contributed by atoms with E-state index >= 15 is 8.78 Å². The highest BCUT2D eigenvalue weighted by Crippen LogP contribution is 2.48. The largest absolute Gasteiger partial charge is 0.479 e. The van der Waals surface area contributed by atoms with Crippen molar-refractivity contribution >= 4 is 47.4 Å². The van der Waals surface area contributed by atoms with Gasteiger partial charge in [-0.2, -0.15) is 26.3 Å². The third-order valence-corrected chi connectivity index (χ3v) is 14.3. The molecule has 5 amide bonds. The average Bonchev–Trinajstić information content (AvgIpc) is 1.70. The maximum atomic E-state index is 15.0. The van der Waals surface area contributed by atoms with Gasteiger partial charge in [-0.1, -0.05) is 115 Å². The minimum absolute atomic E-state index is 0. The molecule has 0 aliphatic carbocycles. The van der Waals surface area contributed by atoms with Crippen molar-refractivity contribution in [2.45, 2.75) is 144 Å². The Balaban J connectivity index is 0.000000500. The Kier molecular flexibility index (Phi) is 27.1. The molecular formula is C60H74F10N6O13. The number of aliphatic carboxylic acids is 1. The van der Waals surface area contributed by atoms with Crippen LogP contribution in [0.4, 0.5) is 43.9 Å². The second-order valence-electron chi connectivity index (χ2n) is 21.5. The predicted molar refractivity (Wildman–Crippen MR) is 304 cm³/mol. The smallest absolute Gasteiger partial charge is 0.405 e. The number of nitrogens with zero attached hydrogens (tertiary/aromatic N) is 1. The molecule has 0 bridgehead atoms. The number of hydrogen-bond donors (Lipinski definition) is 8. The molecule has 2 unspecified atom stereocenters. The van der Waals surface area contributed by atoms with Crippen LogP contribution in [0.3, 0.4) is 0 Å². The van der Waals surface area contributed by atoms with Gasteiger partial charge in [0.2, 0.25) is 11.8 Å². The zero-order valence-corrected chi connectivity index (χ0v) is 48.1. The number of nitrogens with one attached hydrogen (secondary N) is 5. The Morgan fingerprint density at radius 2 is 0.989 bits per heavy atom. The normalized spacial score (nSPS) is 18.1. The van der Waals surface area contributed by atoms with Crippen LogP contribution < -0.4 is 36.1 Å². The van der Waals surface area contributed by atoms with Gasteiger partial charge < -0.3 is 51.0 Å². The third-order valence-electron chi connectivity index (χ3n) is 14.3. The first-order chi connectivity index (χ1) is 40.1. The molecule has 6 rings (SSSR count). The monoisotopic (exact) mass is 1280 g/mol. The van der Waals surface area contributed by atoms with Crippen LogP contribution in [0.5, 0.6) is 11.5 Å². The van der Waals surface area contributed by atoms with Crippen molar-refractivity contribution in [3.63, 3.8) is 0 Å². The van der Waals surface area contributed by atoms with E-state index in [1.165, 1.54) is 45.0 Å². The van der Waals surface area contributed by atoms with Crippen LogP contribution in [0, 0.1) is 24.7 Å². The van der Waals surface area contributed by atoms with E-state index in [-0.39, 0.29) is 55.9 Å². The molecule has 4 aromatic rings. The van der Waals surface area contributed by atoms with Crippen LogP contribution in [0.25, 0.3) is 0 Å². The van der Waals surface area contributed by atoms with E-state index in [1.807, 2.05) is 6.07 Å². The highest BCUT2D eigenvalue weighted by molar-refractivity contribution is 5.98. The second-order valence-corrected chi connectivity index (χ2v) is 21.5. The summed E-state index contributed by atoms with van der Waals surface area (Å²) in [5.41, 5.74) is -1.76. The molecule has 8 N–H and O–H groups in total. The summed E-state index contributed by atoms with van der Waals surface area (Å²) in [6.45, 7) is 4.30. The predicted octanol–water partition coefficient (Wildman–Crippen LogP) is 7.45. The molecule has 492 valence electrons. The van der Waals surface area contributed by atoms with Crippen LogP contribution in [-0.2, 0) is 41.6 Å². The van der Waals surface area contributed by atoms with E-state index in [4.69, 9.17) is 14.6 Å². The van der Waals surface area contributed by atoms with Gasteiger partial charge in [-0.05, 0) is 62.1 Å². The maximum Gasteiger partial charge on any atom is 0.405 e. The molecule has 89 heavy (non-hydrogen) atoms. The average molecular weight is 1280 g/mol. The molecule has 2 fully saturated rings. The van der Waals surface area contributed by atoms with Gasteiger partial charge in [-0.25, -0.2) is 22.4 Å². The van der Waals surface area contributed by atoms with Gasteiger partial charge in [0.1, 0.15) is 30.6 Å². The van der Waals surface area contributed by atoms with E-state index in [0.29, 0.717) is 16.0 Å². The first-order valence-electron chi connectivity index (χ1n) is 26.4. The van der Waals surface area contributed by atoms with Crippen LogP contribution in [0.15, 0.2) is 97.1 Å². The number of aliphatic hydroxyl groups is 2. The number of benzene rings is 4. The molecule has 2 aliphatic heterocycles. The van der Waals surface area contributed by atoms with Crippen LogP contribution in [-0.4, -0.2) is 154 Å². The number of hydrogen-bond acceptors (Lipinski definition) is 13. The molecule has 2 saturated heterocycles. The first-order valence-corrected chi connectivity index (χ1v) is 26.4. The lowest BCUT2D eigenvalue weighted by molar-refractivity contribution is -0.151. The van der Waals surface area contributed by atoms with Crippen molar-refractivity contribution in [1.29, 1.82) is 0 Å². The lowest BCUT2D eigenvalue weighted by atomic mass is 9.81. The summed E-state index contributed by atoms with van der Waals surface area (Å²) in [4.78, 5) is 97.9. The summed E-state index contributed by atoms with van der Waals surface area (Å²) in [5.74, 6) is -14.4. The minimum Gasteiger partial charge on any atom is -0.479 e. The van der Waals surface area contributed by atoms with Gasteiger partial charge >= 0.3 is 30.3 Å². The fraction of sp³-hybridized carbons (Fsp3) is 0.467. The second kappa shape index (κ2) is 31.3. The lowest BCUT2D eigenvalue weighted by Gasteiger charge is -2.34. The first kappa shape index (κ1) is 76.9. The zero-order valence-electron chi connectivity index (χ0n) is 48.1. The van der Waals surface area contributed by atoms with Crippen molar-refractivity contribution in [2.75, 3.05) is 26.2 Å².